The van der Waals surface area contributed by atoms with Crippen LogP contribution in [0.15, 0.2) is 45.5 Å². The first kappa shape index (κ1) is 16.1. The molecule has 0 aromatic carbocycles. The second-order valence-corrected chi connectivity index (χ2v) is 7.86. The Hall–Kier alpha value is -1.77. The van der Waals surface area contributed by atoms with Gasteiger partial charge in [0.2, 0.25) is 5.78 Å². The number of Topliss-reactive ketones (excluding diaryl/α,β-unsaturated/α-hetero) is 1. The number of rotatable bonds is 3. The van der Waals surface area contributed by atoms with E-state index in [0.717, 1.165) is 48.8 Å². The smallest absolute Gasteiger partial charge is 0.222 e. The van der Waals surface area contributed by atoms with Crippen LogP contribution >= 0.6 is 0 Å². The van der Waals surface area contributed by atoms with Gasteiger partial charge in [0.1, 0.15) is 0 Å². The molecule has 2 aliphatic rings. The summed E-state index contributed by atoms with van der Waals surface area (Å²) >= 11 is 0. The highest BCUT2D eigenvalue weighted by molar-refractivity contribution is 6.09. The Morgan fingerprint density at radius 3 is 2.61 bits per heavy atom. The Bertz CT molecular complexity index is 688. The fraction of sp³-hybridized carbons (Fsp3) is 0.550. The molecule has 0 aliphatic heterocycles. The van der Waals surface area contributed by atoms with Crippen LogP contribution in [0.25, 0.3) is 0 Å². The van der Waals surface area contributed by atoms with Gasteiger partial charge in [-0.3, -0.25) is 4.79 Å². The van der Waals surface area contributed by atoms with Crippen LogP contribution in [0.1, 0.15) is 58.9 Å². The first-order valence-electron chi connectivity index (χ1n) is 8.47. The summed E-state index contributed by atoms with van der Waals surface area (Å²) in [6.07, 6.45) is 8.29. The zero-order valence-electron chi connectivity index (χ0n) is 14.5. The van der Waals surface area contributed by atoms with Gasteiger partial charge in [-0.2, -0.15) is 0 Å². The van der Waals surface area contributed by atoms with E-state index in [1.54, 1.807) is 12.5 Å². The molecule has 3 nitrogen and oxygen atoms in total. The number of fused-ring (bicyclic) bond motifs is 1. The molecule has 0 bridgehead atoms. The summed E-state index contributed by atoms with van der Waals surface area (Å²) in [7, 11) is 0. The van der Waals surface area contributed by atoms with Crippen molar-refractivity contribution in [3.05, 3.63) is 46.6 Å². The molecule has 3 rings (SSSR count). The summed E-state index contributed by atoms with van der Waals surface area (Å²) in [6.45, 7) is 8.38. The molecule has 23 heavy (non-hydrogen) atoms. The predicted molar refractivity (Wildman–Crippen MR) is 90.1 cm³/mol. The summed E-state index contributed by atoms with van der Waals surface area (Å²) in [6, 6.07) is 1.97. The lowest BCUT2D eigenvalue weighted by Gasteiger charge is -2.50. The second kappa shape index (κ2) is 5.40. The minimum Gasteiger partial charge on any atom is -0.504 e. The molecule has 0 unspecified atom stereocenters. The molecule has 1 heterocycles. The molecule has 0 amide bonds. The van der Waals surface area contributed by atoms with Crippen molar-refractivity contribution in [3.8, 4) is 0 Å². The maximum absolute atomic E-state index is 12.6. The zero-order valence-corrected chi connectivity index (χ0v) is 14.5. The molecule has 0 radical (unpaired) electrons. The molecule has 1 N–H and O–H groups in total. The van der Waals surface area contributed by atoms with Gasteiger partial charge in [0.05, 0.1) is 12.5 Å². The average Bonchev–Trinajstić information content (AvgIpc) is 2.97. The average molecular weight is 314 g/mol. The van der Waals surface area contributed by atoms with Crippen molar-refractivity contribution in [2.75, 3.05) is 0 Å². The van der Waals surface area contributed by atoms with Gasteiger partial charge in [-0.05, 0) is 55.2 Å². The highest BCUT2D eigenvalue weighted by atomic mass is 16.3. The molecule has 1 atom stereocenters. The van der Waals surface area contributed by atoms with Crippen molar-refractivity contribution in [1.82, 2.24) is 0 Å². The standard InChI is InChI=1S/C20H26O3/c1-13-15(7-6-14-8-11-23-12-14)20(4)10-5-9-19(2,3)18(20)17(22)16(13)21/h8,11-12,22H,5-7,9-10H2,1-4H3/t20-/m0/s1. The van der Waals surface area contributed by atoms with Gasteiger partial charge in [0.15, 0.2) is 5.76 Å². The van der Waals surface area contributed by atoms with E-state index in [1.807, 2.05) is 13.0 Å². The number of hydrogen-bond donors (Lipinski definition) is 1. The molecule has 2 aliphatic carbocycles. The monoisotopic (exact) mass is 314 g/mol. The molecular weight excluding hydrogens is 288 g/mol. The van der Waals surface area contributed by atoms with E-state index in [2.05, 4.69) is 20.8 Å². The van der Waals surface area contributed by atoms with Crippen LogP contribution in [0.4, 0.5) is 0 Å². The van der Waals surface area contributed by atoms with Gasteiger partial charge in [0, 0.05) is 11.0 Å². The van der Waals surface area contributed by atoms with Gasteiger partial charge in [-0.15, -0.1) is 0 Å². The Balaban J connectivity index is 2.02. The van der Waals surface area contributed by atoms with E-state index in [0.29, 0.717) is 0 Å². The maximum Gasteiger partial charge on any atom is 0.222 e. The van der Waals surface area contributed by atoms with Crippen LogP contribution < -0.4 is 0 Å². The highest BCUT2D eigenvalue weighted by Gasteiger charge is 2.50. The van der Waals surface area contributed by atoms with Crippen LogP contribution in [-0.2, 0) is 11.2 Å². The van der Waals surface area contributed by atoms with Gasteiger partial charge in [-0.25, -0.2) is 0 Å². The Morgan fingerprint density at radius 2 is 1.96 bits per heavy atom. The number of hydrogen-bond acceptors (Lipinski definition) is 3. The Kier molecular flexibility index (Phi) is 3.78. The van der Waals surface area contributed by atoms with E-state index >= 15 is 0 Å². The summed E-state index contributed by atoms with van der Waals surface area (Å²) in [5.74, 6) is -0.184. The van der Waals surface area contributed by atoms with Crippen LogP contribution in [-0.4, -0.2) is 10.9 Å². The minimum atomic E-state index is -0.201. The molecule has 3 heteroatoms. The molecule has 1 saturated carbocycles. The maximum atomic E-state index is 12.6. The van der Waals surface area contributed by atoms with Crippen molar-refractivity contribution in [1.29, 1.82) is 0 Å². The van der Waals surface area contributed by atoms with Crippen molar-refractivity contribution in [3.63, 3.8) is 0 Å². The van der Waals surface area contributed by atoms with Gasteiger partial charge < -0.3 is 9.52 Å². The second-order valence-electron chi connectivity index (χ2n) is 7.86. The zero-order chi connectivity index (χ0) is 16.8. The van der Waals surface area contributed by atoms with E-state index in [1.165, 1.54) is 5.57 Å². The molecule has 1 aromatic heterocycles. The first-order valence-corrected chi connectivity index (χ1v) is 8.47. The molecule has 1 aromatic rings. The van der Waals surface area contributed by atoms with E-state index < -0.39 is 0 Å². The van der Waals surface area contributed by atoms with Crippen LogP contribution in [0, 0.1) is 10.8 Å². The van der Waals surface area contributed by atoms with E-state index in [4.69, 9.17) is 4.42 Å². The number of aryl methyl sites for hydroxylation is 1. The SMILES string of the molecule is CC1=C(CCc2ccoc2)[C@]2(C)CCCC(C)(C)C2=C(O)C1=O. The molecule has 1 fully saturated rings. The quantitative estimate of drug-likeness (QED) is 0.840. The lowest BCUT2D eigenvalue weighted by atomic mass is 9.54. The number of aliphatic hydroxyl groups excluding tert-OH is 1. The predicted octanol–water partition coefficient (Wildman–Crippen LogP) is 5.14. The van der Waals surface area contributed by atoms with Crippen molar-refractivity contribution >= 4 is 5.78 Å². The Morgan fingerprint density at radius 1 is 1.22 bits per heavy atom. The largest absolute Gasteiger partial charge is 0.504 e. The fourth-order valence-corrected chi connectivity index (χ4v) is 4.77. The third-order valence-electron chi connectivity index (χ3n) is 5.86. The molecule has 0 saturated heterocycles. The van der Waals surface area contributed by atoms with Crippen LogP contribution in [0.5, 0.6) is 0 Å². The highest BCUT2D eigenvalue weighted by Crippen LogP contribution is 2.58. The van der Waals surface area contributed by atoms with Crippen LogP contribution in [0.2, 0.25) is 0 Å². The lowest BCUT2D eigenvalue weighted by molar-refractivity contribution is -0.115. The third-order valence-corrected chi connectivity index (χ3v) is 5.86. The van der Waals surface area contributed by atoms with Crippen LogP contribution in [0.3, 0.4) is 0 Å². The summed E-state index contributed by atoms with van der Waals surface area (Å²) < 4.78 is 5.15. The summed E-state index contributed by atoms with van der Waals surface area (Å²) in [5, 5.41) is 10.6. The summed E-state index contributed by atoms with van der Waals surface area (Å²) in [4.78, 5) is 12.6. The Labute approximate surface area is 138 Å². The third kappa shape index (κ3) is 2.46. The van der Waals surface area contributed by atoms with Gasteiger partial charge in [0.25, 0.3) is 0 Å². The van der Waals surface area contributed by atoms with E-state index in [-0.39, 0.29) is 22.4 Å². The molecular formula is C20H26O3. The fourth-order valence-electron chi connectivity index (χ4n) is 4.77. The van der Waals surface area contributed by atoms with E-state index in [9.17, 15) is 9.90 Å². The minimum absolute atomic E-state index is 0.00163. The summed E-state index contributed by atoms with van der Waals surface area (Å²) in [5.41, 5.74) is 3.70. The topological polar surface area (TPSA) is 50.4 Å². The first-order chi connectivity index (χ1) is 10.8. The number of allylic oxidation sites excluding steroid dienone is 3. The molecule has 124 valence electrons. The van der Waals surface area contributed by atoms with Gasteiger partial charge >= 0.3 is 0 Å². The number of furan rings is 1. The number of carbonyl (C=O) groups excluding carboxylic acids is 1. The lowest BCUT2D eigenvalue weighted by Crippen LogP contribution is -2.41. The number of aliphatic hydroxyl groups is 1. The number of carbonyl (C=O) groups is 1. The van der Waals surface area contributed by atoms with Crippen molar-refractivity contribution in [2.24, 2.45) is 10.8 Å². The molecule has 0 spiro atoms. The normalized spacial score (nSPS) is 27.4. The van der Waals surface area contributed by atoms with Crippen molar-refractivity contribution < 1.29 is 14.3 Å². The van der Waals surface area contributed by atoms with Gasteiger partial charge in [-0.1, -0.05) is 32.8 Å². The van der Waals surface area contributed by atoms with Crippen molar-refractivity contribution in [2.45, 2.75) is 59.8 Å². The number of ketones is 1.